The highest BCUT2D eigenvalue weighted by Crippen LogP contribution is 2.30. The number of alkyl halides is 1. The molecule has 0 saturated heterocycles. The van der Waals surface area contributed by atoms with Crippen molar-refractivity contribution in [3.05, 3.63) is 58.1 Å². The van der Waals surface area contributed by atoms with Gasteiger partial charge < -0.3 is 4.74 Å². The van der Waals surface area contributed by atoms with E-state index in [0.717, 1.165) is 11.3 Å². The highest BCUT2D eigenvalue weighted by atomic mass is 79.9. The molecule has 4 heteroatoms. The summed E-state index contributed by atoms with van der Waals surface area (Å²) in [5.41, 5.74) is 2.52. The van der Waals surface area contributed by atoms with Crippen LogP contribution in [0.15, 0.2) is 36.4 Å². The zero-order valence-electron chi connectivity index (χ0n) is 11.2. The lowest BCUT2D eigenvalue weighted by molar-refractivity contribution is 0.102. The number of ether oxygens (including phenoxy) is 1. The van der Waals surface area contributed by atoms with E-state index < -0.39 is 0 Å². The maximum Gasteiger partial charge on any atom is 0.175 e. The first kappa shape index (κ1) is 15.1. The van der Waals surface area contributed by atoms with Gasteiger partial charge in [-0.25, -0.2) is 0 Å². The summed E-state index contributed by atoms with van der Waals surface area (Å²) in [7, 11) is 0. The van der Waals surface area contributed by atoms with E-state index in [1.54, 1.807) is 6.07 Å². The first-order valence-corrected chi connectivity index (χ1v) is 7.65. The monoisotopic (exact) mass is 352 g/mol. The third-order valence-electron chi connectivity index (χ3n) is 2.92. The van der Waals surface area contributed by atoms with Crippen molar-refractivity contribution in [3.63, 3.8) is 0 Å². The molecule has 20 heavy (non-hydrogen) atoms. The Labute approximate surface area is 131 Å². The molecule has 2 rings (SSSR count). The van der Waals surface area contributed by atoms with E-state index in [1.165, 1.54) is 5.56 Å². The summed E-state index contributed by atoms with van der Waals surface area (Å²) < 4.78 is 5.76. The number of ketones is 1. The lowest BCUT2D eigenvalue weighted by atomic mass is 10.1. The third kappa shape index (κ3) is 3.41. The van der Waals surface area contributed by atoms with Crippen LogP contribution in [0.1, 0.15) is 21.5 Å². The maximum atomic E-state index is 11.8. The number of hydrogen-bond donors (Lipinski definition) is 0. The Balaban J connectivity index is 2.30. The Morgan fingerprint density at radius 3 is 2.35 bits per heavy atom. The number of rotatable bonds is 4. The normalized spacial score (nSPS) is 10.4. The first-order valence-electron chi connectivity index (χ1n) is 6.15. The van der Waals surface area contributed by atoms with Crippen molar-refractivity contribution < 1.29 is 9.53 Å². The summed E-state index contributed by atoms with van der Waals surface area (Å²) in [5, 5.41) is 0.669. The Bertz CT molecular complexity index is 612. The highest BCUT2D eigenvalue weighted by molar-refractivity contribution is 9.09. The minimum absolute atomic E-state index is 0.0330. The standard InChI is InChI=1S/C16H14BrClO2/c1-10-3-5-12(6-4-10)20-13-7-11(2)16(14(18)8-13)15(19)9-17/h3-8H,9H2,1-2H3. The molecule has 0 saturated carbocycles. The van der Waals surface area contributed by atoms with Crippen molar-refractivity contribution in [2.24, 2.45) is 0 Å². The fraction of sp³-hybridized carbons (Fsp3) is 0.188. The number of carbonyl (C=O) groups excluding carboxylic acids is 1. The number of carbonyl (C=O) groups is 1. The van der Waals surface area contributed by atoms with Gasteiger partial charge in [0.05, 0.1) is 10.4 Å². The van der Waals surface area contributed by atoms with Gasteiger partial charge in [-0.15, -0.1) is 0 Å². The largest absolute Gasteiger partial charge is 0.457 e. The molecule has 0 amide bonds. The fourth-order valence-electron chi connectivity index (χ4n) is 1.93. The fourth-order valence-corrected chi connectivity index (χ4v) is 2.58. The average molecular weight is 354 g/mol. The number of halogens is 2. The van der Waals surface area contributed by atoms with Crippen LogP contribution in [0.25, 0.3) is 0 Å². The second-order valence-corrected chi connectivity index (χ2v) is 5.54. The second-order valence-electron chi connectivity index (χ2n) is 4.57. The van der Waals surface area contributed by atoms with Gasteiger partial charge in [-0.2, -0.15) is 0 Å². The molecule has 0 spiro atoms. The van der Waals surface area contributed by atoms with Crippen LogP contribution in [0.2, 0.25) is 5.02 Å². The first-order chi connectivity index (χ1) is 9.51. The summed E-state index contributed by atoms with van der Waals surface area (Å²) in [6.07, 6.45) is 0. The topological polar surface area (TPSA) is 26.3 Å². The van der Waals surface area contributed by atoms with Crippen LogP contribution in [-0.4, -0.2) is 11.1 Å². The van der Waals surface area contributed by atoms with E-state index in [9.17, 15) is 4.79 Å². The predicted molar refractivity (Wildman–Crippen MR) is 85.6 cm³/mol. The van der Waals surface area contributed by atoms with Crippen LogP contribution in [0, 0.1) is 13.8 Å². The second kappa shape index (κ2) is 6.42. The van der Waals surface area contributed by atoms with Crippen molar-refractivity contribution in [3.8, 4) is 11.5 Å². The minimum Gasteiger partial charge on any atom is -0.457 e. The molecule has 0 unspecified atom stereocenters. The van der Waals surface area contributed by atoms with Gasteiger partial charge in [0, 0.05) is 11.6 Å². The Morgan fingerprint density at radius 2 is 1.80 bits per heavy atom. The molecule has 0 heterocycles. The molecule has 2 aromatic rings. The van der Waals surface area contributed by atoms with Crippen molar-refractivity contribution in [1.82, 2.24) is 0 Å². The summed E-state index contributed by atoms with van der Waals surface area (Å²) in [6, 6.07) is 11.2. The molecule has 2 nitrogen and oxygen atoms in total. The van der Waals surface area contributed by atoms with Gasteiger partial charge >= 0.3 is 0 Å². The lowest BCUT2D eigenvalue weighted by Gasteiger charge is -2.11. The zero-order chi connectivity index (χ0) is 14.7. The number of Topliss-reactive ketones (excluding diaryl/α,β-unsaturated/α-hetero) is 1. The molecule has 0 aliphatic carbocycles. The van der Waals surface area contributed by atoms with Gasteiger partial charge in [-0.05, 0) is 37.6 Å². The summed E-state index contributed by atoms with van der Waals surface area (Å²) in [5.74, 6) is 1.34. The third-order valence-corrected chi connectivity index (χ3v) is 3.73. The van der Waals surface area contributed by atoms with E-state index in [4.69, 9.17) is 16.3 Å². The molecule has 0 bridgehead atoms. The lowest BCUT2D eigenvalue weighted by Crippen LogP contribution is -2.04. The van der Waals surface area contributed by atoms with E-state index in [1.807, 2.05) is 44.2 Å². The van der Waals surface area contributed by atoms with E-state index in [0.29, 0.717) is 16.3 Å². The zero-order valence-corrected chi connectivity index (χ0v) is 13.6. The predicted octanol–water partition coefficient (Wildman–Crippen LogP) is 5.33. The van der Waals surface area contributed by atoms with Crippen LogP contribution >= 0.6 is 27.5 Å². The summed E-state index contributed by atoms with van der Waals surface area (Å²) in [6.45, 7) is 3.87. The maximum absolute atomic E-state index is 11.8. The van der Waals surface area contributed by atoms with Gasteiger partial charge in [0.2, 0.25) is 0 Å². The summed E-state index contributed by atoms with van der Waals surface area (Å²) >= 11 is 9.34. The molecule has 0 aliphatic heterocycles. The molecule has 2 aromatic carbocycles. The van der Waals surface area contributed by atoms with Crippen LogP contribution in [0.4, 0.5) is 0 Å². The van der Waals surface area contributed by atoms with E-state index in [2.05, 4.69) is 15.9 Å². The Kier molecular flexibility index (Phi) is 4.84. The van der Waals surface area contributed by atoms with Crippen LogP contribution < -0.4 is 4.74 Å². The molecule has 0 aromatic heterocycles. The number of hydrogen-bond acceptors (Lipinski definition) is 2. The van der Waals surface area contributed by atoms with Crippen LogP contribution in [0.5, 0.6) is 11.5 Å². The Morgan fingerprint density at radius 1 is 1.15 bits per heavy atom. The number of aryl methyl sites for hydroxylation is 2. The molecule has 0 fully saturated rings. The van der Waals surface area contributed by atoms with Crippen LogP contribution in [-0.2, 0) is 0 Å². The number of benzene rings is 2. The Hall–Kier alpha value is -1.32. The molecule has 0 atom stereocenters. The van der Waals surface area contributed by atoms with Crippen LogP contribution in [0.3, 0.4) is 0 Å². The van der Waals surface area contributed by atoms with Crippen molar-refractivity contribution in [2.75, 3.05) is 5.33 Å². The van der Waals surface area contributed by atoms with E-state index >= 15 is 0 Å². The van der Waals surface area contributed by atoms with Crippen molar-refractivity contribution in [1.29, 1.82) is 0 Å². The quantitative estimate of drug-likeness (QED) is 0.549. The van der Waals surface area contributed by atoms with Gasteiger partial charge in [-0.1, -0.05) is 45.2 Å². The highest BCUT2D eigenvalue weighted by Gasteiger charge is 2.14. The molecular formula is C16H14BrClO2. The molecule has 104 valence electrons. The van der Waals surface area contributed by atoms with Crippen molar-refractivity contribution in [2.45, 2.75) is 13.8 Å². The molecule has 0 radical (unpaired) electrons. The molecular weight excluding hydrogens is 340 g/mol. The van der Waals surface area contributed by atoms with Gasteiger partial charge in [0.15, 0.2) is 5.78 Å². The van der Waals surface area contributed by atoms with Crippen molar-refractivity contribution >= 4 is 33.3 Å². The average Bonchev–Trinajstić information content (AvgIpc) is 2.40. The van der Waals surface area contributed by atoms with Gasteiger partial charge in [-0.3, -0.25) is 4.79 Å². The minimum atomic E-state index is -0.0330. The SMILES string of the molecule is Cc1ccc(Oc2cc(C)c(C(=O)CBr)c(Cl)c2)cc1. The molecule has 0 aliphatic rings. The smallest absolute Gasteiger partial charge is 0.175 e. The van der Waals surface area contributed by atoms with Gasteiger partial charge in [0.25, 0.3) is 0 Å². The summed E-state index contributed by atoms with van der Waals surface area (Å²) in [4.78, 5) is 11.8. The van der Waals surface area contributed by atoms with E-state index in [-0.39, 0.29) is 11.1 Å². The molecule has 0 N–H and O–H groups in total. The van der Waals surface area contributed by atoms with Gasteiger partial charge in [0.1, 0.15) is 11.5 Å².